The number of rotatable bonds is 8. The molecule has 0 bridgehead atoms. The predicted molar refractivity (Wildman–Crippen MR) is 49.7 cm³/mol. The van der Waals surface area contributed by atoms with E-state index in [-0.39, 0.29) is 0 Å². The predicted octanol–water partition coefficient (Wildman–Crippen LogP) is 2.79. The highest BCUT2D eigenvalue weighted by Gasteiger charge is 1.96. The van der Waals surface area contributed by atoms with Crippen molar-refractivity contribution in [2.24, 2.45) is 0 Å². The van der Waals surface area contributed by atoms with Crippen LogP contribution in [0.25, 0.3) is 0 Å². The Bertz CT molecular complexity index is 81.9. The normalized spacial score (nSPS) is 13.2. The maximum Gasteiger partial charge on any atom is 0.0902 e. The molecule has 0 rings (SSSR count). The van der Waals surface area contributed by atoms with E-state index in [1.807, 2.05) is 0 Å². The third-order valence-electron chi connectivity index (χ3n) is 1.79. The smallest absolute Gasteiger partial charge is 0.0902 e. The van der Waals surface area contributed by atoms with Crippen molar-refractivity contribution in [1.82, 2.24) is 0 Å². The number of hydrogen-bond donors (Lipinski definition) is 0. The minimum Gasteiger partial charge on any atom is -0.381 e. The van der Waals surface area contributed by atoms with Gasteiger partial charge in [0.15, 0.2) is 0 Å². The average Bonchev–Trinajstić information content (AvgIpc) is 2.02. The zero-order chi connectivity index (χ0) is 9.23. The molecule has 2 nitrogen and oxygen atoms in total. The van der Waals surface area contributed by atoms with Gasteiger partial charge in [-0.2, -0.15) is 0 Å². The minimum atomic E-state index is -0.427. The van der Waals surface area contributed by atoms with Crippen molar-refractivity contribution < 1.29 is 9.84 Å². The van der Waals surface area contributed by atoms with Crippen molar-refractivity contribution in [3.63, 3.8) is 0 Å². The number of ether oxygens (including phenoxy) is 1. The van der Waals surface area contributed by atoms with Crippen molar-refractivity contribution in [2.45, 2.75) is 52.1 Å². The van der Waals surface area contributed by atoms with Crippen LogP contribution in [0.15, 0.2) is 0 Å². The topological polar surface area (TPSA) is 29.1 Å². The van der Waals surface area contributed by atoms with Gasteiger partial charge in [-0.3, -0.25) is 0 Å². The van der Waals surface area contributed by atoms with E-state index in [4.69, 9.17) is 4.74 Å². The maximum absolute atomic E-state index is 10.6. The molecule has 73 valence electrons. The Morgan fingerprint density at radius 3 is 2.42 bits per heavy atom. The van der Waals surface area contributed by atoms with Crippen LogP contribution in [0.3, 0.4) is 0 Å². The molecule has 12 heavy (non-hydrogen) atoms. The molecule has 0 N–H and O–H groups in total. The van der Waals surface area contributed by atoms with Gasteiger partial charge in [-0.25, -0.2) is 5.11 Å². The van der Waals surface area contributed by atoms with Crippen LogP contribution in [0.5, 0.6) is 0 Å². The number of hydrogen-bond acceptors (Lipinski definition) is 1. The van der Waals surface area contributed by atoms with Gasteiger partial charge in [-0.15, -0.1) is 0 Å². The van der Waals surface area contributed by atoms with Crippen molar-refractivity contribution in [3.05, 3.63) is 0 Å². The summed E-state index contributed by atoms with van der Waals surface area (Å²) in [4.78, 5) is 0. The molecule has 0 aliphatic rings. The van der Waals surface area contributed by atoms with E-state index in [0.29, 0.717) is 0 Å². The molecule has 0 fully saturated rings. The molecule has 0 aromatic carbocycles. The second kappa shape index (κ2) is 9.01. The summed E-state index contributed by atoms with van der Waals surface area (Å²) in [5, 5.41) is 10.6. The zero-order valence-corrected chi connectivity index (χ0v) is 8.34. The quantitative estimate of drug-likeness (QED) is 0.519. The summed E-state index contributed by atoms with van der Waals surface area (Å²) in [5.74, 6) is 0. The summed E-state index contributed by atoms with van der Waals surface area (Å²) in [6.45, 7) is 5.51. The highest BCUT2D eigenvalue weighted by Crippen LogP contribution is 1.98. The summed E-state index contributed by atoms with van der Waals surface area (Å²) >= 11 is 0. The maximum atomic E-state index is 10.6. The van der Waals surface area contributed by atoms with Crippen LogP contribution in [-0.2, 0) is 9.84 Å². The lowest BCUT2D eigenvalue weighted by Gasteiger charge is -2.03. The summed E-state index contributed by atoms with van der Waals surface area (Å²) in [7, 11) is 0. The highest BCUT2D eigenvalue weighted by molar-refractivity contribution is 4.46. The molecule has 1 radical (unpaired) electrons. The first-order valence-electron chi connectivity index (χ1n) is 5.01. The molecule has 0 aliphatic carbocycles. The lowest BCUT2D eigenvalue weighted by atomic mass is 10.2. The second-order valence-corrected chi connectivity index (χ2v) is 3.27. The molecule has 1 unspecified atom stereocenters. The van der Waals surface area contributed by atoms with Crippen molar-refractivity contribution in [3.8, 4) is 0 Å². The largest absolute Gasteiger partial charge is 0.381 e. The average molecular weight is 173 g/mol. The summed E-state index contributed by atoms with van der Waals surface area (Å²) in [6, 6.07) is 0. The van der Waals surface area contributed by atoms with Crippen LogP contribution in [0.1, 0.15) is 46.0 Å². The monoisotopic (exact) mass is 173 g/mol. The zero-order valence-electron chi connectivity index (χ0n) is 8.34. The molecule has 0 spiro atoms. The van der Waals surface area contributed by atoms with Crippen LogP contribution in [0.4, 0.5) is 0 Å². The Labute approximate surface area is 75.9 Å². The van der Waals surface area contributed by atoms with E-state index in [1.165, 1.54) is 12.8 Å². The van der Waals surface area contributed by atoms with Gasteiger partial charge in [-0.1, -0.05) is 19.8 Å². The first-order valence-corrected chi connectivity index (χ1v) is 5.01. The summed E-state index contributed by atoms with van der Waals surface area (Å²) < 4.78 is 5.35. The van der Waals surface area contributed by atoms with Crippen molar-refractivity contribution in [1.29, 1.82) is 0 Å². The van der Waals surface area contributed by atoms with E-state index < -0.39 is 6.10 Å². The number of unbranched alkanes of at least 4 members (excludes halogenated alkanes) is 2. The fourth-order valence-electron chi connectivity index (χ4n) is 1.03. The van der Waals surface area contributed by atoms with Crippen LogP contribution >= 0.6 is 0 Å². The Hall–Kier alpha value is -0.0800. The Morgan fingerprint density at radius 1 is 1.17 bits per heavy atom. The fraction of sp³-hybridized carbons (Fsp3) is 1.00. The molecule has 0 aromatic rings. The van der Waals surface area contributed by atoms with Gasteiger partial charge >= 0.3 is 0 Å². The third kappa shape index (κ3) is 9.92. The fourth-order valence-corrected chi connectivity index (χ4v) is 1.03. The van der Waals surface area contributed by atoms with E-state index >= 15 is 0 Å². The Kier molecular flexibility index (Phi) is 8.95. The van der Waals surface area contributed by atoms with Crippen LogP contribution in [0, 0.1) is 0 Å². The summed E-state index contributed by atoms with van der Waals surface area (Å²) in [5.41, 5.74) is 0. The first-order chi connectivity index (χ1) is 5.77. The molecule has 0 saturated heterocycles. The molecular weight excluding hydrogens is 152 g/mol. The van der Waals surface area contributed by atoms with Gasteiger partial charge in [-0.05, 0) is 26.2 Å². The molecule has 0 heterocycles. The lowest BCUT2D eigenvalue weighted by molar-refractivity contribution is 0.0746. The molecule has 0 amide bonds. The van der Waals surface area contributed by atoms with Gasteiger partial charge in [0.05, 0.1) is 6.10 Å². The van der Waals surface area contributed by atoms with Crippen molar-refractivity contribution in [2.75, 3.05) is 13.2 Å². The Morgan fingerprint density at radius 2 is 1.83 bits per heavy atom. The lowest BCUT2D eigenvalue weighted by Crippen LogP contribution is -2.02. The van der Waals surface area contributed by atoms with E-state index in [0.717, 1.165) is 32.5 Å². The Balaban J connectivity index is 2.82. The van der Waals surface area contributed by atoms with Crippen LogP contribution < -0.4 is 0 Å². The third-order valence-corrected chi connectivity index (χ3v) is 1.79. The molecule has 0 aliphatic heterocycles. The minimum absolute atomic E-state index is 0.427. The van der Waals surface area contributed by atoms with Crippen molar-refractivity contribution >= 4 is 0 Å². The standard InChI is InChI=1S/C10H21O2/c1-3-4-5-8-12-9-6-7-10(2)11/h10H,3-9H2,1-2H3. The van der Waals surface area contributed by atoms with E-state index in [2.05, 4.69) is 6.92 Å². The van der Waals surface area contributed by atoms with Gasteiger partial charge in [0.25, 0.3) is 0 Å². The van der Waals surface area contributed by atoms with Gasteiger partial charge in [0.2, 0.25) is 0 Å². The molecule has 0 aromatic heterocycles. The second-order valence-electron chi connectivity index (χ2n) is 3.27. The van der Waals surface area contributed by atoms with E-state index in [1.54, 1.807) is 6.92 Å². The van der Waals surface area contributed by atoms with Gasteiger partial charge in [0, 0.05) is 13.2 Å². The van der Waals surface area contributed by atoms with Gasteiger partial charge in [0.1, 0.15) is 0 Å². The molecular formula is C10H21O2. The van der Waals surface area contributed by atoms with Crippen LogP contribution in [0.2, 0.25) is 0 Å². The van der Waals surface area contributed by atoms with Gasteiger partial charge < -0.3 is 4.74 Å². The summed E-state index contributed by atoms with van der Waals surface area (Å²) in [6.07, 6.45) is 4.87. The van der Waals surface area contributed by atoms with Crippen LogP contribution in [-0.4, -0.2) is 19.3 Å². The SMILES string of the molecule is CCCCCOCCCC(C)[O]. The molecule has 0 saturated carbocycles. The highest BCUT2D eigenvalue weighted by atomic mass is 16.5. The first kappa shape index (κ1) is 11.9. The molecule has 1 atom stereocenters. The molecule has 2 heteroatoms. The van der Waals surface area contributed by atoms with E-state index in [9.17, 15) is 5.11 Å².